The Labute approximate surface area is 85.9 Å². The fourth-order valence-corrected chi connectivity index (χ4v) is 1.09. The number of rotatable bonds is 3. The highest BCUT2D eigenvalue weighted by molar-refractivity contribution is 6.29. The van der Waals surface area contributed by atoms with Gasteiger partial charge in [0.2, 0.25) is 0 Å². The first kappa shape index (κ1) is 10.7. The van der Waals surface area contributed by atoms with Crippen LogP contribution in [0.1, 0.15) is 5.56 Å². The summed E-state index contributed by atoms with van der Waals surface area (Å²) < 4.78 is 12.5. The van der Waals surface area contributed by atoms with E-state index in [2.05, 4.69) is 4.98 Å². The summed E-state index contributed by atoms with van der Waals surface area (Å²) in [6.45, 7) is 0. The summed E-state index contributed by atoms with van der Waals surface area (Å²) in [6.07, 6.45) is 1.91. The van der Waals surface area contributed by atoms with Crippen molar-refractivity contribution in [1.82, 2.24) is 4.98 Å². The van der Waals surface area contributed by atoms with E-state index < -0.39 is 11.7 Å². The molecule has 0 spiro atoms. The summed E-state index contributed by atoms with van der Waals surface area (Å²) in [5, 5.41) is 0.403. The second kappa shape index (κ2) is 4.74. The molecule has 0 radical (unpaired) electrons. The SMILES string of the molecule is NC(Cc1ccc(Cl)nc1)C(F)Cl. The first-order valence-corrected chi connectivity index (χ1v) is 4.55. The molecule has 1 rings (SSSR count). The lowest BCUT2D eigenvalue weighted by Crippen LogP contribution is -2.30. The lowest BCUT2D eigenvalue weighted by Gasteiger charge is -2.10. The maximum atomic E-state index is 12.5. The minimum absolute atomic E-state index is 0.356. The molecule has 0 aliphatic heterocycles. The van der Waals surface area contributed by atoms with Crippen molar-refractivity contribution >= 4 is 23.2 Å². The third-order valence-corrected chi connectivity index (χ3v) is 2.13. The quantitative estimate of drug-likeness (QED) is 0.629. The highest BCUT2D eigenvalue weighted by Crippen LogP contribution is 2.10. The van der Waals surface area contributed by atoms with Crippen LogP contribution in [0.15, 0.2) is 18.3 Å². The van der Waals surface area contributed by atoms with E-state index in [-0.39, 0.29) is 0 Å². The van der Waals surface area contributed by atoms with E-state index in [1.165, 1.54) is 0 Å². The van der Waals surface area contributed by atoms with Gasteiger partial charge in [0, 0.05) is 6.20 Å². The molecule has 0 aliphatic carbocycles. The van der Waals surface area contributed by atoms with Gasteiger partial charge in [-0.25, -0.2) is 9.37 Å². The standard InChI is InChI=1S/C8H9Cl2FN2/c9-7-2-1-5(4-13-7)3-6(12)8(10)11/h1-2,4,6,8H,3,12H2. The Balaban J connectivity index is 2.59. The van der Waals surface area contributed by atoms with Crippen LogP contribution in [-0.4, -0.2) is 16.7 Å². The van der Waals surface area contributed by atoms with Gasteiger partial charge in [-0.1, -0.05) is 29.3 Å². The predicted molar refractivity (Wildman–Crippen MR) is 51.7 cm³/mol. The molecule has 0 saturated heterocycles. The zero-order valence-electron chi connectivity index (χ0n) is 6.75. The fraction of sp³-hybridized carbons (Fsp3) is 0.375. The lowest BCUT2D eigenvalue weighted by molar-refractivity contribution is 0.378. The normalized spacial score (nSPS) is 15.4. The summed E-state index contributed by atoms with van der Waals surface area (Å²) in [6, 6.07) is 2.67. The van der Waals surface area contributed by atoms with Gasteiger partial charge in [-0.15, -0.1) is 0 Å². The van der Waals surface area contributed by atoms with Gasteiger partial charge in [-0.05, 0) is 18.1 Å². The zero-order chi connectivity index (χ0) is 9.84. The molecule has 72 valence electrons. The largest absolute Gasteiger partial charge is 0.324 e. The smallest absolute Gasteiger partial charge is 0.188 e. The van der Waals surface area contributed by atoms with Crippen LogP contribution in [-0.2, 0) is 6.42 Å². The Kier molecular flexibility index (Phi) is 3.90. The molecular formula is C8H9Cl2FN2. The van der Waals surface area contributed by atoms with Crippen molar-refractivity contribution in [3.63, 3.8) is 0 Å². The molecule has 13 heavy (non-hydrogen) atoms. The maximum Gasteiger partial charge on any atom is 0.188 e. The Morgan fingerprint density at radius 2 is 2.23 bits per heavy atom. The number of nitrogens with two attached hydrogens (primary N) is 1. The maximum absolute atomic E-state index is 12.5. The molecule has 2 N–H and O–H groups in total. The molecule has 1 heterocycles. The van der Waals surface area contributed by atoms with Gasteiger partial charge in [0.15, 0.2) is 5.63 Å². The van der Waals surface area contributed by atoms with Crippen molar-refractivity contribution in [2.75, 3.05) is 0 Å². The molecule has 2 atom stereocenters. The number of alkyl halides is 2. The van der Waals surface area contributed by atoms with Crippen molar-refractivity contribution in [3.8, 4) is 0 Å². The molecule has 2 unspecified atom stereocenters. The van der Waals surface area contributed by atoms with Crippen molar-refractivity contribution < 1.29 is 4.39 Å². The van der Waals surface area contributed by atoms with E-state index in [1.54, 1.807) is 18.3 Å². The molecule has 0 bridgehead atoms. The molecule has 0 aliphatic rings. The van der Waals surface area contributed by atoms with E-state index in [1.807, 2.05) is 0 Å². The molecule has 0 fully saturated rings. The summed E-state index contributed by atoms with van der Waals surface area (Å²) in [7, 11) is 0. The average Bonchev–Trinajstić information content (AvgIpc) is 2.08. The van der Waals surface area contributed by atoms with E-state index in [0.29, 0.717) is 11.6 Å². The lowest BCUT2D eigenvalue weighted by atomic mass is 10.1. The van der Waals surface area contributed by atoms with Crippen molar-refractivity contribution in [2.24, 2.45) is 5.73 Å². The van der Waals surface area contributed by atoms with Gasteiger partial charge in [-0.2, -0.15) is 0 Å². The van der Waals surface area contributed by atoms with Crippen LogP contribution >= 0.6 is 23.2 Å². The van der Waals surface area contributed by atoms with Crippen LogP contribution in [0.5, 0.6) is 0 Å². The number of halogens is 3. The highest BCUT2D eigenvalue weighted by Gasteiger charge is 2.13. The number of hydrogen-bond acceptors (Lipinski definition) is 2. The third kappa shape index (κ3) is 3.46. The van der Waals surface area contributed by atoms with Crippen molar-refractivity contribution in [2.45, 2.75) is 18.1 Å². The van der Waals surface area contributed by atoms with Crippen LogP contribution in [0, 0.1) is 0 Å². The van der Waals surface area contributed by atoms with Crippen LogP contribution in [0.4, 0.5) is 4.39 Å². The van der Waals surface area contributed by atoms with Gasteiger partial charge >= 0.3 is 0 Å². The fourth-order valence-electron chi connectivity index (χ4n) is 0.888. The molecular weight excluding hydrogens is 214 g/mol. The van der Waals surface area contributed by atoms with Crippen molar-refractivity contribution in [3.05, 3.63) is 29.0 Å². The second-order valence-electron chi connectivity index (χ2n) is 2.69. The third-order valence-electron chi connectivity index (χ3n) is 1.58. The predicted octanol–water partition coefficient (Wildman–Crippen LogP) is 2.14. The molecule has 1 aromatic rings. The number of aromatic nitrogens is 1. The van der Waals surface area contributed by atoms with Gasteiger partial charge in [-0.3, -0.25) is 0 Å². The van der Waals surface area contributed by atoms with Gasteiger partial charge < -0.3 is 5.73 Å². The molecule has 0 aromatic carbocycles. The summed E-state index contributed by atoms with van der Waals surface area (Å²) >= 11 is 10.7. The molecule has 2 nitrogen and oxygen atoms in total. The molecule has 1 aromatic heterocycles. The number of pyridine rings is 1. The monoisotopic (exact) mass is 222 g/mol. The van der Waals surface area contributed by atoms with Gasteiger partial charge in [0.25, 0.3) is 0 Å². The Hall–Kier alpha value is -0.380. The van der Waals surface area contributed by atoms with Gasteiger partial charge in [0.1, 0.15) is 5.15 Å². The van der Waals surface area contributed by atoms with E-state index in [0.717, 1.165) is 5.56 Å². The first-order valence-electron chi connectivity index (χ1n) is 3.74. The number of nitrogens with zero attached hydrogens (tertiary/aromatic N) is 1. The van der Waals surface area contributed by atoms with E-state index in [9.17, 15) is 4.39 Å². The Morgan fingerprint density at radius 3 is 2.69 bits per heavy atom. The summed E-state index contributed by atoms with van der Waals surface area (Å²) in [5.41, 5.74) is 4.71. The minimum atomic E-state index is -1.53. The van der Waals surface area contributed by atoms with E-state index >= 15 is 0 Å². The zero-order valence-corrected chi connectivity index (χ0v) is 8.26. The minimum Gasteiger partial charge on any atom is -0.324 e. The molecule has 5 heteroatoms. The molecule has 0 saturated carbocycles. The topological polar surface area (TPSA) is 38.9 Å². The summed E-state index contributed by atoms with van der Waals surface area (Å²) in [4.78, 5) is 3.84. The van der Waals surface area contributed by atoms with Crippen molar-refractivity contribution in [1.29, 1.82) is 0 Å². The van der Waals surface area contributed by atoms with Crippen LogP contribution in [0.2, 0.25) is 5.15 Å². The van der Waals surface area contributed by atoms with Crippen LogP contribution in [0.25, 0.3) is 0 Å². The highest BCUT2D eigenvalue weighted by atomic mass is 35.5. The second-order valence-corrected chi connectivity index (χ2v) is 3.50. The Morgan fingerprint density at radius 1 is 1.54 bits per heavy atom. The summed E-state index contributed by atoms with van der Waals surface area (Å²) in [5.74, 6) is 0. The van der Waals surface area contributed by atoms with Crippen LogP contribution < -0.4 is 5.73 Å². The Bertz CT molecular complexity index is 263. The average molecular weight is 223 g/mol. The molecule has 0 amide bonds. The first-order chi connectivity index (χ1) is 6.09. The van der Waals surface area contributed by atoms with E-state index in [4.69, 9.17) is 28.9 Å². The van der Waals surface area contributed by atoms with Crippen LogP contribution in [0.3, 0.4) is 0 Å². The number of hydrogen-bond donors (Lipinski definition) is 1. The van der Waals surface area contributed by atoms with Gasteiger partial charge in [0.05, 0.1) is 6.04 Å².